The monoisotopic (exact) mass is 565 g/mol. The molecule has 0 aliphatic rings. The van der Waals surface area contributed by atoms with E-state index in [0.29, 0.717) is 0 Å². The minimum atomic E-state index is 0.855. The highest BCUT2D eigenvalue weighted by atomic mass is 16.3. The molecule has 0 unspecified atom stereocenters. The third kappa shape index (κ3) is 3.22. The fourth-order valence-corrected chi connectivity index (χ4v) is 6.98. The van der Waals surface area contributed by atoms with E-state index in [4.69, 9.17) is 13.3 Å². The first-order valence-corrected chi connectivity index (χ1v) is 14.8. The van der Waals surface area contributed by atoms with Gasteiger partial charge < -0.3 is 18.2 Å². The maximum atomic E-state index is 6.45. The van der Waals surface area contributed by atoms with Crippen molar-refractivity contribution in [3.8, 4) is 0 Å². The predicted octanol–water partition coefficient (Wildman–Crippen LogP) is 12.0. The van der Waals surface area contributed by atoms with Crippen molar-refractivity contribution in [2.75, 3.05) is 4.90 Å². The Labute approximate surface area is 250 Å². The molecule has 0 amide bonds. The van der Waals surface area contributed by atoms with Crippen molar-refractivity contribution in [2.45, 2.75) is 0 Å². The Morgan fingerprint density at radius 3 is 1.55 bits per heavy atom. The highest BCUT2D eigenvalue weighted by molar-refractivity contribution is 6.27. The zero-order valence-electron chi connectivity index (χ0n) is 23.5. The number of fused-ring (bicyclic) bond motifs is 12. The van der Waals surface area contributed by atoms with Crippen LogP contribution in [0.2, 0.25) is 0 Å². The summed E-state index contributed by atoms with van der Waals surface area (Å²) in [5, 5.41) is 8.91. The Bertz CT molecular complexity index is 2730. The Morgan fingerprint density at radius 2 is 0.841 bits per heavy atom. The number of rotatable bonds is 3. The summed E-state index contributed by atoms with van der Waals surface area (Å²) >= 11 is 0. The minimum absolute atomic E-state index is 0.855. The molecule has 0 aliphatic carbocycles. The molecule has 7 aromatic carbocycles. The van der Waals surface area contributed by atoms with Crippen molar-refractivity contribution in [3.05, 3.63) is 140 Å². The molecule has 3 heterocycles. The zero-order valence-corrected chi connectivity index (χ0v) is 23.5. The van der Waals surface area contributed by atoms with E-state index in [0.717, 1.165) is 93.7 Å². The summed E-state index contributed by atoms with van der Waals surface area (Å²) in [7, 11) is 0. The van der Waals surface area contributed by atoms with E-state index >= 15 is 0 Å². The van der Waals surface area contributed by atoms with Gasteiger partial charge in [-0.3, -0.25) is 0 Å². The number of hydrogen-bond acceptors (Lipinski definition) is 4. The lowest BCUT2D eigenvalue weighted by atomic mass is 9.99. The van der Waals surface area contributed by atoms with Crippen LogP contribution in [-0.4, -0.2) is 0 Å². The predicted molar refractivity (Wildman–Crippen MR) is 180 cm³/mol. The largest absolute Gasteiger partial charge is 0.456 e. The smallest absolute Gasteiger partial charge is 0.137 e. The van der Waals surface area contributed by atoms with Gasteiger partial charge in [0.25, 0.3) is 0 Å². The van der Waals surface area contributed by atoms with E-state index in [1.54, 1.807) is 0 Å². The first-order chi connectivity index (χ1) is 21.8. The standard InChI is InChI=1S/C40H23NO3/c1-2-9-24(10-3-1)41(31-13-8-16-35-40(31)29-12-5-7-15-33(29)42-35)25-17-20-34-30(23-25)39-27-19-21-36-38(26(27)18-22-37(39)44-34)28-11-4-6-14-32(28)43-36/h1-23H. The first-order valence-electron chi connectivity index (χ1n) is 14.8. The van der Waals surface area contributed by atoms with Gasteiger partial charge in [0.05, 0.1) is 11.1 Å². The maximum Gasteiger partial charge on any atom is 0.137 e. The molecule has 0 atom stereocenters. The fourth-order valence-electron chi connectivity index (χ4n) is 6.98. The number of nitrogens with zero attached hydrogens (tertiary/aromatic N) is 1. The molecule has 0 saturated carbocycles. The summed E-state index contributed by atoms with van der Waals surface area (Å²) in [6.07, 6.45) is 0. The quantitative estimate of drug-likeness (QED) is 0.214. The van der Waals surface area contributed by atoms with E-state index < -0.39 is 0 Å². The third-order valence-electron chi connectivity index (χ3n) is 8.85. The summed E-state index contributed by atoms with van der Waals surface area (Å²) in [6, 6.07) is 48.3. The molecular weight excluding hydrogens is 542 g/mol. The SMILES string of the molecule is c1ccc(N(c2ccc3oc4ccc5c(ccc6oc7ccccc7c65)c4c3c2)c2cccc3oc4ccccc4c23)cc1. The molecule has 10 rings (SSSR count). The number of benzene rings is 7. The first kappa shape index (κ1) is 23.6. The van der Waals surface area contributed by atoms with Crippen LogP contribution in [-0.2, 0) is 0 Å². The van der Waals surface area contributed by atoms with Gasteiger partial charge in [-0.15, -0.1) is 0 Å². The molecule has 206 valence electrons. The molecule has 4 heteroatoms. The highest BCUT2D eigenvalue weighted by Crippen LogP contribution is 2.45. The maximum absolute atomic E-state index is 6.45. The fraction of sp³-hybridized carbons (Fsp3) is 0. The Balaban J connectivity index is 1.28. The molecule has 44 heavy (non-hydrogen) atoms. The molecule has 10 aromatic rings. The van der Waals surface area contributed by atoms with Gasteiger partial charge in [-0.05, 0) is 89.6 Å². The molecule has 0 N–H and O–H groups in total. The van der Waals surface area contributed by atoms with Gasteiger partial charge in [-0.2, -0.15) is 0 Å². The summed E-state index contributed by atoms with van der Waals surface area (Å²) in [4.78, 5) is 2.31. The van der Waals surface area contributed by atoms with Crippen LogP contribution in [0.1, 0.15) is 0 Å². The Hall–Kier alpha value is -6.00. The lowest BCUT2D eigenvalue weighted by Crippen LogP contribution is -2.10. The van der Waals surface area contributed by atoms with Crippen LogP contribution in [0.3, 0.4) is 0 Å². The molecule has 4 nitrogen and oxygen atoms in total. The van der Waals surface area contributed by atoms with Gasteiger partial charge in [0.1, 0.15) is 33.5 Å². The van der Waals surface area contributed by atoms with E-state index in [2.05, 4.69) is 114 Å². The molecule has 0 bridgehead atoms. The van der Waals surface area contributed by atoms with Gasteiger partial charge in [0.2, 0.25) is 0 Å². The number of para-hydroxylation sites is 3. The third-order valence-corrected chi connectivity index (χ3v) is 8.85. The Morgan fingerprint density at radius 1 is 0.318 bits per heavy atom. The van der Waals surface area contributed by atoms with Crippen molar-refractivity contribution in [1.29, 1.82) is 0 Å². The normalized spacial score (nSPS) is 12.1. The number of furan rings is 3. The zero-order chi connectivity index (χ0) is 28.8. The molecule has 0 radical (unpaired) electrons. The van der Waals surface area contributed by atoms with E-state index in [-0.39, 0.29) is 0 Å². The van der Waals surface area contributed by atoms with Crippen LogP contribution >= 0.6 is 0 Å². The molecule has 0 aliphatic heterocycles. The van der Waals surface area contributed by atoms with Crippen molar-refractivity contribution in [2.24, 2.45) is 0 Å². The number of hydrogen-bond donors (Lipinski definition) is 0. The van der Waals surface area contributed by atoms with E-state index in [1.165, 1.54) is 0 Å². The lowest BCUT2D eigenvalue weighted by molar-refractivity contribution is 0.668. The van der Waals surface area contributed by atoms with Gasteiger partial charge in [-0.25, -0.2) is 0 Å². The van der Waals surface area contributed by atoms with Gasteiger partial charge in [0.15, 0.2) is 0 Å². The van der Waals surface area contributed by atoms with Crippen LogP contribution in [0, 0.1) is 0 Å². The second-order valence-corrected chi connectivity index (χ2v) is 11.3. The van der Waals surface area contributed by atoms with Crippen LogP contribution in [0.5, 0.6) is 0 Å². The summed E-state index contributed by atoms with van der Waals surface area (Å²) in [5.74, 6) is 0. The van der Waals surface area contributed by atoms with Crippen molar-refractivity contribution < 1.29 is 13.3 Å². The van der Waals surface area contributed by atoms with Crippen molar-refractivity contribution in [1.82, 2.24) is 0 Å². The van der Waals surface area contributed by atoms with Gasteiger partial charge in [0, 0.05) is 38.3 Å². The molecule has 0 fully saturated rings. The summed E-state index contributed by atoms with van der Waals surface area (Å²) in [6.45, 7) is 0. The van der Waals surface area contributed by atoms with Crippen LogP contribution in [0.4, 0.5) is 17.1 Å². The summed E-state index contributed by atoms with van der Waals surface area (Å²) < 4.78 is 18.9. The molecule has 0 saturated heterocycles. The molecule has 0 spiro atoms. The van der Waals surface area contributed by atoms with Gasteiger partial charge >= 0.3 is 0 Å². The summed E-state index contributed by atoms with van der Waals surface area (Å²) in [5.41, 5.74) is 8.41. The Kier molecular flexibility index (Phi) is 4.69. The second kappa shape index (κ2) is 8.76. The van der Waals surface area contributed by atoms with Gasteiger partial charge in [-0.1, -0.05) is 60.7 Å². The van der Waals surface area contributed by atoms with Crippen molar-refractivity contribution >= 4 is 93.7 Å². The lowest BCUT2D eigenvalue weighted by Gasteiger charge is -2.26. The second-order valence-electron chi connectivity index (χ2n) is 11.3. The van der Waals surface area contributed by atoms with Crippen LogP contribution in [0.25, 0.3) is 76.6 Å². The van der Waals surface area contributed by atoms with E-state index in [1.807, 2.05) is 30.3 Å². The molecule has 3 aromatic heterocycles. The van der Waals surface area contributed by atoms with Crippen LogP contribution < -0.4 is 4.90 Å². The van der Waals surface area contributed by atoms with E-state index in [9.17, 15) is 0 Å². The topological polar surface area (TPSA) is 42.7 Å². The number of anilines is 3. The van der Waals surface area contributed by atoms with Crippen molar-refractivity contribution in [3.63, 3.8) is 0 Å². The van der Waals surface area contributed by atoms with Crippen LogP contribution in [0.15, 0.2) is 153 Å². The average molecular weight is 566 g/mol. The minimum Gasteiger partial charge on any atom is -0.456 e. The average Bonchev–Trinajstić information content (AvgIpc) is 3.76. The highest BCUT2D eigenvalue weighted by Gasteiger charge is 2.21. The molecular formula is C40H23NO3.